The molecule has 2 heterocycles. The predicted octanol–water partition coefficient (Wildman–Crippen LogP) is 1.97. The summed E-state index contributed by atoms with van der Waals surface area (Å²) in [5.74, 6) is -0.319. The first-order chi connectivity index (χ1) is 12.3. The molecule has 1 fully saturated rings. The molecule has 1 saturated heterocycles. The number of rotatable bonds is 7. The first-order valence-electron chi connectivity index (χ1n) is 8.40. The fourth-order valence-electron chi connectivity index (χ4n) is 3.28. The summed E-state index contributed by atoms with van der Waals surface area (Å²) in [4.78, 5) is 18.4. The highest BCUT2D eigenvalue weighted by atomic mass is 35.5. The Morgan fingerprint density at radius 2 is 1.96 bits per heavy atom. The van der Waals surface area contributed by atoms with E-state index in [4.69, 9.17) is 11.6 Å². The number of halogens is 1. The average Bonchev–Trinajstić information content (AvgIpc) is 3.15. The van der Waals surface area contributed by atoms with Crippen molar-refractivity contribution in [3.05, 3.63) is 57.5 Å². The minimum atomic E-state index is -1.08. The standard InChI is InChI=1S/C17H22ClN5O3/c1-17(24,12-22-10-15(23(25)26)19-16(22)18)11-21-8-7-20(13-21)9-14-5-3-2-4-6-14/h2-6,10,24H,7-9,11-13H2,1H3. The molecule has 1 aliphatic rings. The lowest BCUT2D eigenvalue weighted by Crippen LogP contribution is -2.43. The molecular formula is C17H22ClN5O3. The second-order valence-corrected chi connectivity index (χ2v) is 7.32. The number of hydrogen-bond acceptors (Lipinski definition) is 6. The van der Waals surface area contributed by atoms with Crippen molar-refractivity contribution in [3.63, 3.8) is 0 Å². The van der Waals surface area contributed by atoms with Crippen LogP contribution in [0.4, 0.5) is 5.82 Å². The van der Waals surface area contributed by atoms with Crippen LogP contribution in [0.1, 0.15) is 12.5 Å². The Labute approximate surface area is 156 Å². The maximum absolute atomic E-state index is 10.8. The normalized spacial score (nSPS) is 18.1. The zero-order chi connectivity index (χ0) is 18.7. The number of aromatic nitrogens is 2. The van der Waals surface area contributed by atoms with Crippen LogP contribution < -0.4 is 0 Å². The van der Waals surface area contributed by atoms with Gasteiger partial charge in [-0.1, -0.05) is 30.3 Å². The highest BCUT2D eigenvalue weighted by Gasteiger charge is 2.31. The van der Waals surface area contributed by atoms with E-state index in [0.717, 1.165) is 26.3 Å². The SMILES string of the molecule is CC(O)(CN1CCN(Cc2ccccc2)C1)Cn1cc([N+](=O)[O-])nc1Cl. The monoisotopic (exact) mass is 379 g/mol. The molecule has 1 atom stereocenters. The van der Waals surface area contributed by atoms with Crippen molar-refractivity contribution in [3.8, 4) is 0 Å². The van der Waals surface area contributed by atoms with Crippen LogP contribution in [0.25, 0.3) is 0 Å². The van der Waals surface area contributed by atoms with Crippen molar-refractivity contribution >= 4 is 17.4 Å². The van der Waals surface area contributed by atoms with Gasteiger partial charge < -0.3 is 15.2 Å². The quantitative estimate of drug-likeness (QED) is 0.584. The smallest absolute Gasteiger partial charge is 0.383 e. The minimum absolute atomic E-state index is 0.00380. The average molecular weight is 380 g/mol. The van der Waals surface area contributed by atoms with Crippen molar-refractivity contribution in [2.24, 2.45) is 0 Å². The topological polar surface area (TPSA) is 87.7 Å². The maximum atomic E-state index is 10.8. The van der Waals surface area contributed by atoms with E-state index in [1.54, 1.807) is 6.92 Å². The second-order valence-electron chi connectivity index (χ2n) is 6.98. The molecule has 1 N–H and O–H groups in total. The minimum Gasteiger partial charge on any atom is -0.387 e. The number of imidazole rings is 1. The number of nitro groups is 1. The van der Waals surface area contributed by atoms with Crippen LogP contribution in [0.5, 0.6) is 0 Å². The van der Waals surface area contributed by atoms with Gasteiger partial charge in [-0.3, -0.25) is 14.4 Å². The molecule has 26 heavy (non-hydrogen) atoms. The zero-order valence-electron chi connectivity index (χ0n) is 14.6. The summed E-state index contributed by atoms with van der Waals surface area (Å²) < 4.78 is 1.41. The summed E-state index contributed by atoms with van der Waals surface area (Å²) in [6.45, 7) is 5.72. The number of benzene rings is 1. The maximum Gasteiger partial charge on any atom is 0.383 e. The van der Waals surface area contributed by atoms with Crippen molar-refractivity contribution in [1.82, 2.24) is 19.4 Å². The van der Waals surface area contributed by atoms with E-state index < -0.39 is 10.5 Å². The van der Waals surface area contributed by atoms with Crippen LogP contribution in [-0.4, -0.2) is 61.3 Å². The van der Waals surface area contributed by atoms with E-state index in [1.165, 1.54) is 16.3 Å². The van der Waals surface area contributed by atoms with Crippen LogP contribution in [-0.2, 0) is 13.1 Å². The lowest BCUT2D eigenvalue weighted by Gasteiger charge is -2.29. The third-order valence-electron chi connectivity index (χ3n) is 4.36. The lowest BCUT2D eigenvalue weighted by atomic mass is 10.1. The molecule has 140 valence electrons. The molecule has 8 nitrogen and oxygen atoms in total. The van der Waals surface area contributed by atoms with Crippen molar-refractivity contribution < 1.29 is 10.0 Å². The van der Waals surface area contributed by atoms with Gasteiger partial charge >= 0.3 is 11.1 Å². The molecule has 1 aliphatic heterocycles. The molecule has 0 spiro atoms. The Morgan fingerprint density at radius 3 is 2.62 bits per heavy atom. The van der Waals surface area contributed by atoms with Crippen LogP contribution in [0, 0.1) is 10.1 Å². The van der Waals surface area contributed by atoms with E-state index in [1.807, 2.05) is 18.2 Å². The Hall–Kier alpha value is -2.00. The molecule has 1 aromatic heterocycles. The fraction of sp³-hybridized carbons (Fsp3) is 0.471. The summed E-state index contributed by atoms with van der Waals surface area (Å²) in [5, 5.41) is 21.5. The van der Waals surface area contributed by atoms with Gasteiger partial charge in [-0.25, -0.2) is 0 Å². The summed E-state index contributed by atoms with van der Waals surface area (Å²) >= 11 is 5.94. The third kappa shape index (κ3) is 4.79. The zero-order valence-corrected chi connectivity index (χ0v) is 15.3. The van der Waals surface area contributed by atoms with E-state index >= 15 is 0 Å². The second kappa shape index (κ2) is 7.71. The summed E-state index contributed by atoms with van der Waals surface area (Å²) in [7, 11) is 0. The molecule has 1 aromatic carbocycles. The van der Waals surface area contributed by atoms with Crippen molar-refractivity contribution in [2.45, 2.75) is 25.6 Å². The number of hydrogen-bond donors (Lipinski definition) is 1. The molecule has 0 aliphatic carbocycles. The number of aliphatic hydroxyl groups is 1. The third-order valence-corrected chi connectivity index (χ3v) is 4.66. The molecule has 0 bridgehead atoms. The highest BCUT2D eigenvalue weighted by molar-refractivity contribution is 6.28. The Kier molecular flexibility index (Phi) is 5.57. The Morgan fingerprint density at radius 1 is 1.27 bits per heavy atom. The van der Waals surface area contributed by atoms with Crippen LogP contribution in [0.15, 0.2) is 36.5 Å². The molecule has 0 saturated carbocycles. The van der Waals surface area contributed by atoms with Gasteiger partial charge in [0, 0.05) is 26.2 Å². The van der Waals surface area contributed by atoms with E-state index in [-0.39, 0.29) is 17.6 Å². The number of nitrogens with zero attached hydrogens (tertiary/aromatic N) is 5. The lowest BCUT2D eigenvalue weighted by molar-refractivity contribution is -0.389. The molecular weight excluding hydrogens is 358 g/mol. The van der Waals surface area contributed by atoms with Crippen LogP contribution in [0.2, 0.25) is 5.28 Å². The highest BCUT2D eigenvalue weighted by Crippen LogP contribution is 2.20. The Bertz CT molecular complexity index is 765. The van der Waals surface area contributed by atoms with Gasteiger partial charge in [0.05, 0.1) is 18.8 Å². The van der Waals surface area contributed by atoms with Crippen LogP contribution >= 0.6 is 11.6 Å². The van der Waals surface area contributed by atoms with Gasteiger partial charge in [0.2, 0.25) is 0 Å². The van der Waals surface area contributed by atoms with Gasteiger partial charge in [0.15, 0.2) is 0 Å². The summed E-state index contributed by atoms with van der Waals surface area (Å²) in [6.07, 6.45) is 1.25. The first kappa shape index (κ1) is 18.8. The van der Waals surface area contributed by atoms with Gasteiger partial charge in [0.25, 0.3) is 0 Å². The predicted molar refractivity (Wildman–Crippen MR) is 97.8 cm³/mol. The molecule has 9 heteroatoms. The molecule has 0 amide bonds. The summed E-state index contributed by atoms with van der Waals surface area (Å²) in [6, 6.07) is 10.3. The van der Waals surface area contributed by atoms with Gasteiger partial charge in [0.1, 0.15) is 6.20 Å². The first-order valence-corrected chi connectivity index (χ1v) is 8.78. The van der Waals surface area contributed by atoms with Crippen molar-refractivity contribution in [2.75, 3.05) is 26.3 Å². The Balaban J connectivity index is 1.55. The van der Waals surface area contributed by atoms with E-state index in [9.17, 15) is 15.2 Å². The van der Waals surface area contributed by atoms with Gasteiger partial charge in [-0.2, -0.15) is 0 Å². The number of β-amino-alcohol motifs (C(OH)–C–C–N with tert-alkyl or cyclic N) is 1. The largest absolute Gasteiger partial charge is 0.387 e. The van der Waals surface area contributed by atoms with Gasteiger partial charge in [-0.15, -0.1) is 0 Å². The molecule has 2 aromatic rings. The van der Waals surface area contributed by atoms with Crippen molar-refractivity contribution in [1.29, 1.82) is 0 Å². The van der Waals surface area contributed by atoms with E-state index in [2.05, 4.69) is 26.9 Å². The molecule has 0 radical (unpaired) electrons. The molecule has 3 rings (SSSR count). The molecule has 1 unspecified atom stereocenters. The summed E-state index contributed by atoms with van der Waals surface area (Å²) in [5.41, 5.74) is 0.180. The van der Waals surface area contributed by atoms with E-state index in [0.29, 0.717) is 6.54 Å². The fourth-order valence-corrected chi connectivity index (χ4v) is 3.48. The van der Waals surface area contributed by atoms with Gasteiger partial charge in [-0.05, 0) is 34.0 Å². The van der Waals surface area contributed by atoms with Crippen LogP contribution in [0.3, 0.4) is 0 Å².